The summed E-state index contributed by atoms with van der Waals surface area (Å²) in [4.78, 5) is 33.4. The average molecular weight is 315 g/mol. The lowest BCUT2D eigenvalue weighted by Gasteiger charge is -2.23. The van der Waals surface area contributed by atoms with Crippen LogP contribution < -0.4 is 0 Å². The van der Waals surface area contributed by atoms with Crippen molar-refractivity contribution in [2.75, 3.05) is 13.1 Å². The number of imide groups is 1. The van der Waals surface area contributed by atoms with Gasteiger partial charge in [0.05, 0.1) is 11.6 Å². The Balaban J connectivity index is 1.72. The van der Waals surface area contributed by atoms with Gasteiger partial charge in [0.2, 0.25) is 6.10 Å². The van der Waals surface area contributed by atoms with Gasteiger partial charge < -0.3 is 9.74 Å². The highest BCUT2D eigenvalue weighted by Gasteiger charge is 2.44. The Kier molecular flexibility index (Phi) is 4.07. The molecular formula is C17H21N3O3. The second kappa shape index (κ2) is 6.02. The minimum Gasteiger partial charge on any atom is -0.381 e. The summed E-state index contributed by atoms with van der Waals surface area (Å²) in [5.74, 6) is -0.494. The quantitative estimate of drug-likeness (QED) is 0.858. The minimum atomic E-state index is -0.735. The van der Waals surface area contributed by atoms with E-state index in [2.05, 4.69) is 5.16 Å². The number of urea groups is 1. The van der Waals surface area contributed by atoms with Crippen molar-refractivity contribution < 1.29 is 14.4 Å². The predicted octanol–water partition coefficient (Wildman–Crippen LogP) is 2.10. The Morgan fingerprint density at radius 2 is 1.96 bits per heavy atom. The topological polar surface area (TPSA) is 62.2 Å². The predicted molar refractivity (Wildman–Crippen MR) is 86.0 cm³/mol. The molecule has 1 fully saturated rings. The Morgan fingerprint density at radius 3 is 2.57 bits per heavy atom. The molecule has 1 aromatic rings. The molecular weight excluding hydrogens is 294 g/mol. The van der Waals surface area contributed by atoms with Gasteiger partial charge in [-0.3, -0.25) is 9.69 Å². The van der Waals surface area contributed by atoms with Gasteiger partial charge in [-0.15, -0.1) is 0 Å². The van der Waals surface area contributed by atoms with Gasteiger partial charge in [0.25, 0.3) is 5.91 Å². The van der Waals surface area contributed by atoms with Crippen LogP contribution in [0.4, 0.5) is 4.79 Å². The van der Waals surface area contributed by atoms with Crippen LogP contribution in [-0.2, 0) is 9.63 Å². The monoisotopic (exact) mass is 315 g/mol. The highest BCUT2D eigenvalue weighted by molar-refractivity contribution is 6.07. The molecule has 0 unspecified atom stereocenters. The van der Waals surface area contributed by atoms with E-state index in [4.69, 9.17) is 4.84 Å². The molecule has 122 valence electrons. The molecule has 0 aromatic heterocycles. The van der Waals surface area contributed by atoms with E-state index in [0.29, 0.717) is 13.1 Å². The van der Waals surface area contributed by atoms with E-state index in [9.17, 15) is 9.59 Å². The molecule has 1 saturated heterocycles. The summed E-state index contributed by atoms with van der Waals surface area (Å²) in [6.07, 6.45) is -0.735. The first-order valence-electron chi connectivity index (χ1n) is 7.92. The summed E-state index contributed by atoms with van der Waals surface area (Å²) < 4.78 is 0. The van der Waals surface area contributed by atoms with Crippen LogP contribution in [0.15, 0.2) is 35.5 Å². The number of rotatable bonds is 3. The maximum Gasteiger partial charge on any atom is 0.327 e. The molecule has 3 amide bonds. The van der Waals surface area contributed by atoms with Crippen LogP contribution in [0.5, 0.6) is 0 Å². The number of nitrogens with zero attached hydrogens (tertiary/aromatic N) is 3. The van der Waals surface area contributed by atoms with Gasteiger partial charge in [-0.1, -0.05) is 42.4 Å². The molecule has 0 saturated carbocycles. The molecule has 0 N–H and O–H groups in total. The Bertz CT molecular complexity index is 642. The van der Waals surface area contributed by atoms with Crippen LogP contribution in [0.2, 0.25) is 0 Å². The van der Waals surface area contributed by atoms with Crippen molar-refractivity contribution in [3.63, 3.8) is 0 Å². The van der Waals surface area contributed by atoms with E-state index in [0.717, 1.165) is 11.3 Å². The van der Waals surface area contributed by atoms with Gasteiger partial charge in [0.15, 0.2) is 0 Å². The van der Waals surface area contributed by atoms with E-state index in [1.54, 1.807) is 4.90 Å². The molecule has 3 rings (SSSR count). The van der Waals surface area contributed by atoms with Gasteiger partial charge in [-0.05, 0) is 19.4 Å². The largest absolute Gasteiger partial charge is 0.381 e. The maximum atomic E-state index is 12.7. The second-order valence-corrected chi connectivity index (χ2v) is 6.22. The molecule has 2 atom stereocenters. The highest BCUT2D eigenvalue weighted by atomic mass is 16.6. The number of amides is 3. The van der Waals surface area contributed by atoms with Crippen LogP contribution in [-0.4, -0.2) is 52.7 Å². The first-order chi connectivity index (χ1) is 11.0. The van der Waals surface area contributed by atoms with E-state index in [-0.39, 0.29) is 23.9 Å². The number of hydrogen-bond donors (Lipinski definition) is 0. The summed E-state index contributed by atoms with van der Waals surface area (Å²) in [5.41, 5.74) is 1.68. The van der Waals surface area contributed by atoms with Crippen LogP contribution in [0.1, 0.15) is 26.3 Å². The van der Waals surface area contributed by atoms with Crippen molar-refractivity contribution in [2.24, 2.45) is 11.1 Å². The fourth-order valence-electron chi connectivity index (χ4n) is 3.01. The molecule has 23 heavy (non-hydrogen) atoms. The third kappa shape index (κ3) is 2.69. The molecule has 2 aliphatic heterocycles. The summed E-state index contributed by atoms with van der Waals surface area (Å²) in [7, 11) is 0. The lowest BCUT2D eigenvalue weighted by Crippen LogP contribution is -2.45. The highest BCUT2D eigenvalue weighted by Crippen LogP contribution is 2.26. The number of benzene rings is 1. The fourth-order valence-corrected chi connectivity index (χ4v) is 3.01. The normalized spacial score (nSPS) is 24.2. The molecule has 0 radical (unpaired) electrons. The van der Waals surface area contributed by atoms with Crippen molar-refractivity contribution in [1.29, 1.82) is 0 Å². The molecule has 1 aromatic carbocycles. The average Bonchev–Trinajstić information content (AvgIpc) is 3.11. The molecule has 2 aliphatic rings. The molecule has 0 bridgehead atoms. The van der Waals surface area contributed by atoms with Crippen LogP contribution >= 0.6 is 0 Å². The fraction of sp³-hybridized carbons (Fsp3) is 0.471. The molecule has 6 heteroatoms. The number of oxime groups is 1. The number of carbonyl (C=O) groups is 2. The van der Waals surface area contributed by atoms with Crippen LogP contribution in [0, 0.1) is 5.92 Å². The maximum absolute atomic E-state index is 12.7. The van der Waals surface area contributed by atoms with Crippen molar-refractivity contribution >= 4 is 17.6 Å². The van der Waals surface area contributed by atoms with E-state index < -0.39 is 6.10 Å². The zero-order chi connectivity index (χ0) is 16.6. The summed E-state index contributed by atoms with van der Waals surface area (Å²) in [5, 5.41) is 4.08. The SMILES string of the molecule is CC(C)N1CCN(C(=O)[C@H]2ON=C(c3ccccc3)[C@@H]2C)C1=O. The van der Waals surface area contributed by atoms with Crippen LogP contribution in [0.3, 0.4) is 0 Å². The lowest BCUT2D eigenvalue weighted by atomic mass is 9.93. The third-order valence-corrected chi connectivity index (χ3v) is 4.39. The molecule has 2 heterocycles. The van der Waals surface area contributed by atoms with Crippen molar-refractivity contribution in [2.45, 2.75) is 32.9 Å². The third-order valence-electron chi connectivity index (χ3n) is 4.39. The second-order valence-electron chi connectivity index (χ2n) is 6.22. The Labute approximate surface area is 135 Å². The van der Waals surface area contributed by atoms with Gasteiger partial charge in [0.1, 0.15) is 0 Å². The van der Waals surface area contributed by atoms with E-state index in [1.165, 1.54) is 4.90 Å². The van der Waals surface area contributed by atoms with Crippen molar-refractivity contribution in [1.82, 2.24) is 9.80 Å². The Morgan fingerprint density at radius 1 is 1.26 bits per heavy atom. The van der Waals surface area contributed by atoms with E-state index in [1.807, 2.05) is 51.1 Å². The van der Waals surface area contributed by atoms with Crippen molar-refractivity contribution in [3.8, 4) is 0 Å². The van der Waals surface area contributed by atoms with Gasteiger partial charge in [0, 0.05) is 19.1 Å². The van der Waals surface area contributed by atoms with Gasteiger partial charge >= 0.3 is 6.03 Å². The summed E-state index contributed by atoms with van der Waals surface area (Å²) >= 11 is 0. The first kappa shape index (κ1) is 15.5. The smallest absolute Gasteiger partial charge is 0.327 e. The first-order valence-corrected chi connectivity index (χ1v) is 7.92. The van der Waals surface area contributed by atoms with Gasteiger partial charge in [-0.2, -0.15) is 0 Å². The zero-order valence-electron chi connectivity index (χ0n) is 13.6. The molecule has 0 aliphatic carbocycles. The van der Waals surface area contributed by atoms with E-state index >= 15 is 0 Å². The Hall–Kier alpha value is -2.37. The van der Waals surface area contributed by atoms with Gasteiger partial charge in [-0.25, -0.2) is 4.79 Å². The minimum absolute atomic E-state index is 0.0818. The summed E-state index contributed by atoms with van der Waals surface area (Å²) in [6, 6.07) is 9.48. The number of hydrogen-bond acceptors (Lipinski definition) is 4. The lowest BCUT2D eigenvalue weighted by molar-refractivity contribution is -0.140. The molecule has 0 spiro atoms. The van der Waals surface area contributed by atoms with Crippen LogP contribution in [0.25, 0.3) is 0 Å². The number of carbonyl (C=O) groups excluding carboxylic acids is 2. The molecule has 6 nitrogen and oxygen atoms in total. The zero-order valence-corrected chi connectivity index (χ0v) is 13.6. The summed E-state index contributed by atoms with van der Waals surface area (Å²) in [6.45, 7) is 6.76. The van der Waals surface area contributed by atoms with Crippen molar-refractivity contribution in [3.05, 3.63) is 35.9 Å². The standard InChI is InChI=1S/C17H21N3O3/c1-11(2)19-9-10-20(17(19)22)16(21)15-12(3)14(18-23-15)13-7-5-4-6-8-13/h4-8,11-12,15H,9-10H2,1-3H3/t12-,15-/m0/s1.